The van der Waals surface area contributed by atoms with Gasteiger partial charge in [0.15, 0.2) is 12.6 Å². The Labute approximate surface area is 233 Å². The second-order valence-electron chi connectivity index (χ2n) is 11.5. The predicted octanol–water partition coefficient (Wildman–Crippen LogP) is 0.722. The number of phenolic OH excluding ortho intramolecular Hbond substituents is 1. The van der Waals surface area contributed by atoms with Crippen molar-refractivity contribution in [3.8, 4) is 5.75 Å². The number of fused-ring (bicyclic) bond motifs is 3. The molecule has 1 saturated carbocycles. The Morgan fingerprint density at radius 2 is 1.77 bits per heavy atom. The summed E-state index contributed by atoms with van der Waals surface area (Å²) < 4.78 is 41.6. The van der Waals surface area contributed by atoms with Crippen LogP contribution >= 0.6 is 0 Å². The first-order valence-electron chi connectivity index (χ1n) is 13.9. The van der Waals surface area contributed by atoms with Crippen molar-refractivity contribution >= 4 is 5.97 Å². The molecule has 224 valence electrons. The summed E-state index contributed by atoms with van der Waals surface area (Å²) in [6.07, 6.45) is -7.61. The third kappa shape index (κ3) is 5.61. The number of phenols is 1. The highest BCUT2D eigenvalue weighted by Gasteiger charge is 2.77. The minimum Gasteiger partial charge on any atom is -0.508 e. The van der Waals surface area contributed by atoms with Gasteiger partial charge in [0, 0.05) is 5.92 Å². The van der Waals surface area contributed by atoms with Crippen LogP contribution < -0.4 is 0 Å². The number of rotatable bonds is 10. The van der Waals surface area contributed by atoms with Gasteiger partial charge in [-0.15, -0.1) is 0 Å². The maximum Gasteiger partial charge on any atom is 0.338 e. The van der Waals surface area contributed by atoms with E-state index >= 15 is 0 Å². The van der Waals surface area contributed by atoms with Crippen LogP contribution in [0, 0.1) is 11.8 Å². The molecule has 12 heteroatoms. The number of carbonyl (C=O) groups is 1. The summed E-state index contributed by atoms with van der Waals surface area (Å²) in [5, 5.41) is 41.8. The topological polar surface area (TPSA) is 166 Å². The molecule has 3 aliphatic heterocycles. The molecule has 4 N–H and O–H groups in total. The van der Waals surface area contributed by atoms with Crippen molar-refractivity contribution in [1.29, 1.82) is 0 Å². The molecule has 0 aromatic heterocycles. The van der Waals surface area contributed by atoms with Gasteiger partial charge in [-0.2, -0.15) is 0 Å². The van der Waals surface area contributed by atoms with Gasteiger partial charge in [0.2, 0.25) is 0 Å². The number of hydrogen-bond donors (Lipinski definition) is 4. The van der Waals surface area contributed by atoms with Gasteiger partial charge in [-0.3, -0.25) is 0 Å². The molecule has 1 unspecified atom stereocenters. The zero-order valence-corrected chi connectivity index (χ0v) is 23.1. The van der Waals surface area contributed by atoms with Gasteiger partial charge in [0.05, 0.1) is 43.5 Å². The van der Waals surface area contributed by atoms with Gasteiger partial charge in [-0.05, 0) is 58.4 Å². The molecular formula is C28H40O12. The van der Waals surface area contributed by atoms with Gasteiger partial charge in [-0.1, -0.05) is 0 Å². The Kier molecular flexibility index (Phi) is 8.73. The highest BCUT2D eigenvalue weighted by atomic mass is 16.8. The molecule has 1 aliphatic carbocycles. The van der Waals surface area contributed by atoms with Gasteiger partial charge in [-0.25, -0.2) is 4.79 Å². The van der Waals surface area contributed by atoms with Crippen molar-refractivity contribution in [2.45, 2.75) is 101 Å². The van der Waals surface area contributed by atoms with E-state index in [-0.39, 0.29) is 49.3 Å². The third-order valence-corrected chi connectivity index (χ3v) is 8.07. The largest absolute Gasteiger partial charge is 0.508 e. The molecule has 0 bridgehead atoms. The summed E-state index contributed by atoms with van der Waals surface area (Å²) in [4.78, 5) is 12.9. The fourth-order valence-electron chi connectivity index (χ4n) is 6.16. The predicted molar refractivity (Wildman–Crippen MR) is 136 cm³/mol. The van der Waals surface area contributed by atoms with E-state index in [0.29, 0.717) is 6.42 Å². The summed E-state index contributed by atoms with van der Waals surface area (Å²) >= 11 is 0. The van der Waals surface area contributed by atoms with Gasteiger partial charge in [0.25, 0.3) is 0 Å². The zero-order valence-electron chi connectivity index (χ0n) is 23.1. The number of aliphatic hydroxyl groups is 3. The van der Waals surface area contributed by atoms with E-state index in [1.807, 2.05) is 27.7 Å². The Balaban J connectivity index is 1.32. The molecule has 0 spiro atoms. The molecule has 4 fully saturated rings. The lowest BCUT2D eigenvalue weighted by Crippen LogP contribution is -2.62. The van der Waals surface area contributed by atoms with Crippen LogP contribution in [0.2, 0.25) is 0 Å². The normalized spacial score (nSPS) is 40.6. The Morgan fingerprint density at radius 1 is 1.05 bits per heavy atom. The number of esters is 1. The molecule has 3 saturated heterocycles. The van der Waals surface area contributed by atoms with Crippen LogP contribution in [-0.2, 0) is 33.2 Å². The monoisotopic (exact) mass is 568 g/mol. The molecule has 0 radical (unpaired) electrons. The van der Waals surface area contributed by atoms with E-state index < -0.39 is 66.7 Å². The van der Waals surface area contributed by atoms with Crippen molar-refractivity contribution in [2.24, 2.45) is 11.8 Å². The lowest BCUT2D eigenvalue weighted by atomic mass is 9.83. The molecule has 1 aromatic rings. The van der Waals surface area contributed by atoms with Crippen LogP contribution in [0.4, 0.5) is 0 Å². The number of aliphatic hydroxyl groups excluding tert-OH is 3. The summed E-state index contributed by atoms with van der Waals surface area (Å²) in [5.74, 6) is -1.33. The minimum atomic E-state index is -1.45. The van der Waals surface area contributed by atoms with Crippen molar-refractivity contribution in [3.63, 3.8) is 0 Å². The van der Waals surface area contributed by atoms with Gasteiger partial charge < -0.3 is 53.6 Å². The summed E-state index contributed by atoms with van der Waals surface area (Å²) in [5.41, 5.74) is -0.769. The van der Waals surface area contributed by atoms with Crippen molar-refractivity contribution in [1.82, 2.24) is 0 Å². The van der Waals surface area contributed by atoms with E-state index in [1.165, 1.54) is 24.3 Å². The summed E-state index contributed by atoms with van der Waals surface area (Å²) in [6, 6.07) is 5.74. The second-order valence-corrected chi connectivity index (χ2v) is 11.5. The van der Waals surface area contributed by atoms with E-state index in [0.717, 1.165) is 0 Å². The number of carbonyl (C=O) groups excluding carboxylic acids is 1. The lowest BCUT2D eigenvalue weighted by molar-refractivity contribution is -0.362. The fraction of sp³-hybridized carbons (Fsp3) is 0.750. The number of benzene rings is 1. The maximum absolute atomic E-state index is 12.9. The minimum absolute atomic E-state index is 0.0315. The SMILES string of the molecule is CC(C)OC[C@@H]1O[C@H](O[C@@H]2OCC[C@H]3[C@H](OC(=O)c4ccc(O)cc4)[C@@H]4OC4(CO)[C@@H]23)[C@@H](O)[C@H](O)[C@H]1OC(C)C. The molecule has 11 atom stereocenters. The second kappa shape index (κ2) is 11.8. The highest BCUT2D eigenvalue weighted by Crippen LogP contribution is 2.61. The van der Waals surface area contributed by atoms with Crippen LogP contribution in [0.5, 0.6) is 5.75 Å². The van der Waals surface area contributed by atoms with Crippen molar-refractivity contribution in [3.05, 3.63) is 29.8 Å². The average Bonchev–Trinajstić information content (AvgIpc) is 3.59. The van der Waals surface area contributed by atoms with Crippen molar-refractivity contribution < 1.29 is 58.4 Å². The smallest absolute Gasteiger partial charge is 0.338 e. The molecule has 1 aromatic carbocycles. The first kappa shape index (κ1) is 29.6. The van der Waals surface area contributed by atoms with E-state index in [1.54, 1.807) is 0 Å². The highest BCUT2D eigenvalue weighted by molar-refractivity contribution is 5.89. The van der Waals surface area contributed by atoms with Crippen LogP contribution in [0.1, 0.15) is 44.5 Å². The Hall–Kier alpha value is -1.87. The Bertz CT molecular complexity index is 1020. The van der Waals surface area contributed by atoms with Gasteiger partial charge in [0.1, 0.15) is 48.0 Å². The Morgan fingerprint density at radius 3 is 2.42 bits per heavy atom. The molecule has 3 heterocycles. The van der Waals surface area contributed by atoms with E-state index in [4.69, 9.17) is 33.2 Å². The third-order valence-electron chi connectivity index (χ3n) is 8.07. The van der Waals surface area contributed by atoms with E-state index in [9.17, 15) is 25.2 Å². The number of epoxide rings is 1. The van der Waals surface area contributed by atoms with Gasteiger partial charge >= 0.3 is 5.97 Å². The molecule has 5 rings (SSSR count). The first-order chi connectivity index (χ1) is 19.1. The fourth-order valence-corrected chi connectivity index (χ4v) is 6.16. The standard InChI is InChI=1S/C28H40O12/c1-13(2)35-11-18-23(36-14(3)4)20(31)21(32)27(37-18)39-26-19-17(9-10-34-26)22(24-28(19,12-29)40-24)38-25(33)15-5-7-16(30)8-6-15/h5-8,13-14,17-24,26-27,29-32H,9-12H2,1-4H3/t17-,18+,19-,20+,21+,22+,23+,24+,26+,27-,28?/m1/s1. The first-order valence-corrected chi connectivity index (χ1v) is 13.9. The maximum atomic E-state index is 12.9. The van der Waals surface area contributed by atoms with Crippen LogP contribution in [-0.4, -0.2) is 113 Å². The van der Waals surface area contributed by atoms with Crippen molar-refractivity contribution in [2.75, 3.05) is 19.8 Å². The molecule has 40 heavy (non-hydrogen) atoms. The number of hydrogen-bond acceptors (Lipinski definition) is 12. The quantitative estimate of drug-likeness (QED) is 0.231. The van der Waals surface area contributed by atoms with Crippen LogP contribution in [0.15, 0.2) is 24.3 Å². The molecule has 4 aliphatic rings. The molecule has 12 nitrogen and oxygen atoms in total. The molecular weight excluding hydrogens is 528 g/mol. The molecule has 0 amide bonds. The lowest BCUT2D eigenvalue weighted by Gasteiger charge is -2.46. The summed E-state index contributed by atoms with van der Waals surface area (Å²) in [7, 11) is 0. The van der Waals surface area contributed by atoms with E-state index in [2.05, 4.69) is 0 Å². The number of ether oxygens (including phenoxy) is 7. The van der Waals surface area contributed by atoms with Crippen LogP contribution in [0.3, 0.4) is 0 Å². The summed E-state index contributed by atoms with van der Waals surface area (Å²) in [6.45, 7) is 7.44. The van der Waals surface area contributed by atoms with Crippen LogP contribution in [0.25, 0.3) is 0 Å². The average molecular weight is 569 g/mol. The number of aromatic hydroxyl groups is 1. The zero-order chi connectivity index (χ0) is 28.8.